The van der Waals surface area contributed by atoms with Crippen LogP contribution in [0.3, 0.4) is 0 Å². The molecule has 1 aliphatic carbocycles. The second kappa shape index (κ2) is 9.71. The maximum Gasteiger partial charge on any atom is 0.401 e. The Labute approximate surface area is 201 Å². The SMILES string of the molecule is CN/N=C(\C=N)Nc1ncc(-c2ccc(CC(=O)Nc3cc(C4(C(F)(F)F)CC4)on3)c(F)c2)cn1. The van der Waals surface area contributed by atoms with Crippen LogP contribution in [0.25, 0.3) is 11.1 Å². The van der Waals surface area contributed by atoms with E-state index >= 15 is 0 Å². The highest BCUT2D eigenvalue weighted by Crippen LogP contribution is 2.59. The van der Waals surface area contributed by atoms with Crippen molar-refractivity contribution in [2.45, 2.75) is 30.9 Å². The highest BCUT2D eigenvalue weighted by atomic mass is 19.4. The van der Waals surface area contributed by atoms with Crippen LogP contribution in [0.1, 0.15) is 24.2 Å². The lowest BCUT2D eigenvalue weighted by Crippen LogP contribution is -2.28. The zero-order valence-corrected chi connectivity index (χ0v) is 18.8. The van der Waals surface area contributed by atoms with Crippen molar-refractivity contribution in [3.63, 3.8) is 0 Å². The van der Waals surface area contributed by atoms with Crippen LogP contribution in [0.5, 0.6) is 0 Å². The van der Waals surface area contributed by atoms with Gasteiger partial charge in [0.15, 0.2) is 17.4 Å². The summed E-state index contributed by atoms with van der Waals surface area (Å²) in [6, 6.07) is 5.26. The summed E-state index contributed by atoms with van der Waals surface area (Å²) in [5, 5.41) is 19.6. The van der Waals surface area contributed by atoms with E-state index < -0.39 is 23.3 Å². The smallest absolute Gasteiger partial charge is 0.358 e. The van der Waals surface area contributed by atoms with Crippen molar-refractivity contribution in [2.75, 3.05) is 17.7 Å². The third-order valence-corrected chi connectivity index (χ3v) is 5.54. The zero-order chi connectivity index (χ0) is 25.9. The van der Waals surface area contributed by atoms with Crippen LogP contribution in [0.15, 0.2) is 46.3 Å². The highest BCUT2D eigenvalue weighted by molar-refractivity contribution is 6.33. The van der Waals surface area contributed by atoms with Crippen molar-refractivity contribution in [1.82, 2.24) is 20.6 Å². The van der Waals surface area contributed by atoms with Crippen molar-refractivity contribution in [3.05, 3.63) is 53.8 Å². The maximum atomic E-state index is 14.7. The monoisotopic (exact) mass is 504 g/mol. The molecule has 2 heterocycles. The topological polar surface area (TPSA) is 141 Å². The third-order valence-electron chi connectivity index (χ3n) is 5.54. The minimum Gasteiger partial charge on any atom is -0.358 e. The molecule has 0 aliphatic heterocycles. The average Bonchev–Trinajstić information content (AvgIpc) is 3.54. The van der Waals surface area contributed by atoms with Gasteiger partial charge in [0.2, 0.25) is 11.9 Å². The summed E-state index contributed by atoms with van der Waals surface area (Å²) in [6.07, 6.45) is -1.15. The summed E-state index contributed by atoms with van der Waals surface area (Å²) < 4.78 is 59.1. The van der Waals surface area contributed by atoms with Gasteiger partial charge in [-0.2, -0.15) is 18.3 Å². The first kappa shape index (κ1) is 24.8. The minimum atomic E-state index is -4.47. The van der Waals surface area contributed by atoms with Gasteiger partial charge >= 0.3 is 6.18 Å². The quantitative estimate of drug-likeness (QED) is 0.159. The molecule has 2 aromatic heterocycles. The van der Waals surface area contributed by atoms with E-state index in [4.69, 9.17) is 9.93 Å². The zero-order valence-electron chi connectivity index (χ0n) is 18.8. The molecule has 188 valence electrons. The molecular weight excluding hydrogens is 484 g/mol. The maximum absolute atomic E-state index is 14.7. The van der Waals surface area contributed by atoms with E-state index in [1.165, 1.54) is 24.5 Å². The second-order valence-electron chi connectivity index (χ2n) is 7.97. The fourth-order valence-electron chi connectivity index (χ4n) is 3.46. The van der Waals surface area contributed by atoms with Gasteiger partial charge in [0.1, 0.15) is 11.2 Å². The first-order valence-corrected chi connectivity index (χ1v) is 10.6. The fourth-order valence-corrected chi connectivity index (χ4v) is 3.46. The van der Waals surface area contributed by atoms with E-state index in [1.807, 2.05) is 0 Å². The van der Waals surface area contributed by atoms with Crippen molar-refractivity contribution in [2.24, 2.45) is 5.10 Å². The molecule has 0 unspecified atom stereocenters. The molecule has 0 bridgehead atoms. The molecule has 1 fully saturated rings. The summed E-state index contributed by atoms with van der Waals surface area (Å²) in [4.78, 5) is 20.5. The molecule has 1 aromatic carbocycles. The molecule has 1 amide bonds. The van der Waals surface area contributed by atoms with Crippen LogP contribution < -0.4 is 16.1 Å². The number of anilines is 2. The summed E-state index contributed by atoms with van der Waals surface area (Å²) in [7, 11) is 1.57. The number of hydrogen-bond acceptors (Lipinski definition) is 8. The Hall–Kier alpha value is -4.36. The third kappa shape index (κ3) is 5.16. The molecule has 10 nitrogen and oxygen atoms in total. The Morgan fingerprint density at radius 3 is 2.50 bits per heavy atom. The second-order valence-corrected chi connectivity index (χ2v) is 7.97. The van der Waals surface area contributed by atoms with Crippen LogP contribution in [0.4, 0.5) is 29.3 Å². The van der Waals surface area contributed by atoms with Crippen LogP contribution in [0, 0.1) is 11.2 Å². The number of carbonyl (C=O) groups excluding carboxylic acids is 1. The van der Waals surface area contributed by atoms with Crippen molar-refractivity contribution >= 4 is 29.7 Å². The average molecular weight is 504 g/mol. The van der Waals surface area contributed by atoms with E-state index in [0.29, 0.717) is 11.1 Å². The molecule has 1 aliphatic rings. The van der Waals surface area contributed by atoms with E-state index in [2.05, 4.69) is 36.3 Å². The van der Waals surface area contributed by atoms with Crippen molar-refractivity contribution in [3.8, 4) is 11.1 Å². The number of alkyl halides is 3. The number of aromatic nitrogens is 3. The molecule has 4 rings (SSSR count). The van der Waals surface area contributed by atoms with E-state index in [9.17, 15) is 22.4 Å². The van der Waals surface area contributed by atoms with Crippen LogP contribution >= 0.6 is 0 Å². The van der Waals surface area contributed by atoms with Gasteiger partial charge in [-0.3, -0.25) is 4.79 Å². The predicted molar refractivity (Wildman–Crippen MR) is 122 cm³/mol. The largest absolute Gasteiger partial charge is 0.401 e. The first-order chi connectivity index (χ1) is 17.1. The van der Waals surface area contributed by atoms with Crippen LogP contribution in [-0.4, -0.2) is 46.3 Å². The number of amidine groups is 1. The molecule has 0 saturated heterocycles. The van der Waals surface area contributed by atoms with Crippen LogP contribution in [-0.2, 0) is 16.6 Å². The number of hydrogen-bond donors (Lipinski definition) is 4. The summed E-state index contributed by atoms with van der Waals surface area (Å²) in [6.45, 7) is 0. The molecule has 1 saturated carbocycles. The van der Waals surface area contributed by atoms with Gasteiger partial charge in [0, 0.05) is 31.1 Å². The van der Waals surface area contributed by atoms with Crippen molar-refractivity contribution in [1.29, 1.82) is 5.41 Å². The predicted octanol–water partition coefficient (Wildman–Crippen LogP) is 3.64. The van der Waals surface area contributed by atoms with Gasteiger partial charge < -0.3 is 26.0 Å². The Morgan fingerprint density at radius 1 is 1.19 bits per heavy atom. The van der Waals surface area contributed by atoms with Gasteiger partial charge in [-0.05, 0) is 30.0 Å². The van der Waals surface area contributed by atoms with Gasteiger partial charge in [-0.1, -0.05) is 17.3 Å². The molecule has 3 aromatic rings. The lowest BCUT2D eigenvalue weighted by Gasteiger charge is -2.14. The van der Waals surface area contributed by atoms with Crippen LogP contribution in [0.2, 0.25) is 0 Å². The normalized spacial score (nSPS) is 14.8. The summed E-state index contributed by atoms with van der Waals surface area (Å²) in [5.74, 6) is -1.47. The molecule has 0 spiro atoms. The van der Waals surface area contributed by atoms with E-state index in [0.717, 1.165) is 12.3 Å². The molecular formula is C22H20F4N8O2. The lowest BCUT2D eigenvalue weighted by molar-refractivity contribution is -0.165. The standard InChI is InChI=1S/C22H20F4N8O2/c1-28-33-18(9-27)32-20-29-10-14(11-30-20)12-2-3-13(15(23)6-12)7-19(35)31-17-8-16(36-34-17)21(4-5-21)22(24,25)26/h2-3,6,8-11,27-28H,4-5,7H2,1H3,(H,31,34,35)(H,29,30,32,33). The minimum absolute atomic E-state index is 0.0760. The number of halogens is 4. The number of nitrogens with zero attached hydrogens (tertiary/aromatic N) is 4. The summed E-state index contributed by atoms with van der Waals surface area (Å²) >= 11 is 0. The molecule has 36 heavy (non-hydrogen) atoms. The highest BCUT2D eigenvalue weighted by Gasteiger charge is 2.66. The number of rotatable bonds is 8. The van der Waals surface area contributed by atoms with Gasteiger partial charge in [-0.15, -0.1) is 0 Å². The number of nitrogens with one attached hydrogen (secondary N) is 4. The first-order valence-electron chi connectivity index (χ1n) is 10.6. The fraction of sp³-hybridized carbons (Fsp3) is 0.273. The van der Waals surface area contributed by atoms with Gasteiger partial charge in [0.05, 0.1) is 12.6 Å². The Balaban J connectivity index is 1.39. The number of benzene rings is 1. The molecule has 0 radical (unpaired) electrons. The molecule has 14 heteroatoms. The van der Waals surface area contributed by atoms with E-state index in [-0.39, 0.29) is 48.2 Å². The van der Waals surface area contributed by atoms with Crippen molar-refractivity contribution < 1.29 is 26.9 Å². The molecule has 4 N–H and O–H groups in total. The number of amides is 1. The molecule has 0 atom stereocenters. The Morgan fingerprint density at radius 2 is 1.92 bits per heavy atom. The number of hydrazone groups is 1. The Bertz CT molecular complexity index is 1300. The number of carbonyl (C=O) groups is 1. The van der Waals surface area contributed by atoms with E-state index in [1.54, 1.807) is 13.1 Å². The summed E-state index contributed by atoms with van der Waals surface area (Å²) in [5.41, 5.74) is 1.52. The Kier molecular flexibility index (Phi) is 6.68. The lowest BCUT2D eigenvalue weighted by atomic mass is 10.0. The van der Waals surface area contributed by atoms with Gasteiger partial charge in [-0.25, -0.2) is 14.4 Å². The van der Waals surface area contributed by atoms with Gasteiger partial charge in [0.25, 0.3) is 0 Å².